The Kier molecular flexibility index (Phi) is 4.04. The third kappa shape index (κ3) is 2.94. The van der Waals surface area contributed by atoms with Crippen LogP contribution < -0.4 is 5.73 Å². The van der Waals surface area contributed by atoms with E-state index in [1.54, 1.807) is 0 Å². The van der Waals surface area contributed by atoms with E-state index in [-0.39, 0.29) is 0 Å². The zero-order chi connectivity index (χ0) is 10.7. The third-order valence-electron chi connectivity index (χ3n) is 4.59. The second-order valence-electron chi connectivity index (χ2n) is 5.67. The van der Waals surface area contributed by atoms with Crippen LogP contribution in [0.3, 0.4) is 0 Å². The Labute approximate surface area is 94.2 Å². The normalized spacial score (nSPS) is 34.8. The van der Waals surface area contributed by atoms with Gasteiger partial charge in [0.1, 0.15) is 0 Å². The minimum Gasteiger partial charge on any atom is -0.330 e. The van der Waals surface area contributed by atoms with Crippen molar-refractivity contribution in [1.29, 1.82) is 0 Å². The predicted octanol–water partition coefficient (Wildman–Crippen LogP) is 2.09. The zero-order valence-corrected chi connectivity index (χ0v) is 10.1. The highest BCUT2D eigenvalue weighted by atomic mass is 15.1. The van der Waals surface area contributed by atoms with Gasteiger partial charge < -0.3 is 10.6 Å². The molecule has 2 N–H and O–H groups in total. The fraction of sp³-hybridized carbons (Fsp3) is 1.00. The Bertz CT molecular complexity index is 185. The zero-order valence-electron chi connectivity index (χ0n) is 10.1. The molecule has 2 aliphatic rings. The van der Waals surface area contributed by atoms with Crippen molar-refractivity contribution in [2.24, 2.45) is 23.5 Å². The topological polar surface area (TPSA) is 29.3 Å². The predicted molar refractivity (Wildman–Crippen MR) is 64.7 cm³/mol. The van der Waals surface area contributed by atoms with Crippen LogP contribution in [-0.4, -0.2) is 31.6 Å². The molecule has 2 fully saturated rings. The molecule has 1 saturated heterocycles. The SMILES string of the molecule is CN1CCC(CC2CCCC2CN)CC1. The van der Waals surface area contributed by atoms with Gasteiger partial charge in [0.15, 0.2) is 0 Å². The molecule has 1 aliphatic heterocycles. The number of hydrogen-bond donors (Lipinski definition) is 1. The van der Waals surface area contributed by atoms with Crippen molar-refractivity contribution in [1.82, 2.24) is 4.90 Å². The van der Waals surface area contributed by atoms with E-state index in [2.05, 4.69) is 11.9 Å². The van der Waals surface area contributed by atoms with Crippen LogP contribution in [0.15, 0.2) is 0 Å². The van der Waals surface area contributed by atoms with Crippen LogP contribution in [0.25, 0.3) is 0 Å². The van der Waals surface area contributed by atoms with Gasteiger partial charge in [0, 0.05) is 0 Å². The summed E-state index contributed by atoms with van der Waals surface area (Å²) in [7, 11) is 2.24. The number of rotatable bonds is 3. The van der Waals surface area contributed by atoms with Crippen molar-refractivity contribution in [3.05, 3.63) is 0 Å². The van der Waals surface area contributed by atoms with E-state index in [1.807, 2.05) is 0 Å². The molecule has 0 amide bonds. The summed E-state index contributed by atoms with van der Waals surface area (Å²) in [5, 5.41) is 0. The van der Waals surface area contributed by atoms with Crippen LogP contribution in [0.4, 0.5) is 0 Å². The van der Waals surface area contributed by atoms with Gasteiger partial charge in [0.25, 0.3) is 0 Å². The van der Waals surface area contributed by atoms with Gasteiger partial charge in [0.2, 0.25) is 0 Å². The van der Waals surface area contributed by atoms with Crippen LogP contribution in [0.2, 0.25) is 0 Å². The highest BCUT2D eigenvalue weighted by Gasteiger charge is 2.29. The standard InChI is InChI=1S/C13H26N2/c1-15-7-5-11(6-8-15)9-12-3-2-4-13(12)10-14/h11-13H,2-10,14H2,1H3. The molecule has 1 saturated carbocycles. The molecule has 2 rings (SSSR count). The molecular weight excluding hydrogens is 184 g/mol. The molecule has 15 heavy (non-hydrogen) atoms. The van der Waals surface area contributed by atoms with Gasteiger partial charge in [0.05, 0.1) is 0 Å². The summed E-state index contributed by atoms with van der Waals surface area (Å²) in [4.78, 5) is 2.46. The van der Waals surface area contributed by atoms with E-state index in [1.165, 1.54) is 51.6 Å². The quantitative estimate of drug-likeness (QED) is 0.773. The van der Waals surface area contributed by atoms with Gasteiger partial charge in [-0.1, -0.05) is 12.8 Å². The Balaban J connectivity index is 1.76. The lowest BCUT2D eigenvalue weighted by Crippen LogP contribution is -2.31. The number of piperidine rings is 1. The molecule has 0 aromatic heterocycles. The van der Waals surface area contributed by atoms with Crippen molar-refractivity contribution in [2.45, 2.75) is 38.5 Å². The second kappa shape index (κ2) is 5.31. The lowest BCUT2D eigenvalue weighted by molar-refractivity contribution is 0.184. The molecule has 1 aliphatic carbocycles. The molecule has 0 aromatic carbocycles. The van der Waals surface area contributed by atoms with Crippen molar-refractivity contribution in [3.63, 3.8) is 0 Å². The first kappa shape index (κ1) is 11.4. The Morgan fingerprint density at radius 2 is 1.73 bits per heavy atom. The molecule has 2 nitrogen and oxygen atoms in total. The maximum atomic E-state index is 5.84. The number of likely N-dealkylation sites (tertiary alicyclic amines) is 1. The monoisotopic (exact) mass is 210 g/mol. The summed E-state index contributed by atoms with van der Waals surface area (Å²) >= 11 is 0. The van der Waals surface area contributed by atoms with Gasteiger partial charge in [-0.25, -0.2) is 0 Å². The van der Waals surface area contributed by atoms with E-state index in [0.717, 1.165) is 24.3 Å². The van der Waals surface area contributed by atoms with Crippen molar-refractivity contribution < 1.29 is 0 Å². The smallest absolute Gasteiger partial charge is 0.00191 e. The van der Waals surface area contributed by atoms with Gasteiger partial charge in [-0.2, -0.15) is 0 Å². The molecular formula is C13H26N2. The van der Waals surface area contributed by atoms with E-state index in [0.29, 0.717) is 0 Å². The summed E-state index contributed by atoms with van der Waals surface area (Å²) in [5.41, 5.74) is 5.84. The van der Waals surface area contributed by atoms with Crippen molar-refractivity contribution in [2.75, 3.05) is 26.7 Å². The van der Waals surface area contributed by atoms with Crippen LogP contribution in [0.1, 0.15) is 38.5 Å². The average molecular weight is 210 g/mol. The van der Waals surface area contributed by atoms with Crippen LogP contribution in [0.5, 0.6) is 0 Å². The summed E-state index contributed by atoms with van der Waals surface area (Å²) in [6, 6.07) is 0. The first-order chi connectivity index (χ1) is 7.29. The fourth-order valence-corrected chi connectivity index (χ4v) is 3.46. The van der Waals surface area contributed by atoms with Crippen molar-refractivity contribution >= 4 is 0 Å². The molecule has 2 atom stereocenters. The molecule has 2 unspecified atom stereocenters. The minimum absolute atomic E-state index is 0.852. The Hall–Kier alpha value is -0.0800. The summed E-state index contributed by atoms with van der Waals surface area (Å²) in [6.07, 6.45) is 8.59. The molecule has 0 spiro atoms. The Morgan fingerprint density at radius 3 is 2.40 bits per heavy atom. The molecule has 0 bridgehead atoms. The Morgan fingerprint density at radius 1 is 1.07 bits per heavy atom. The second-order valence-corrected chi connectivity index (χ2v) is 5.67. The maximum absolute atomic E-state index is 5.84. The fourth-order valence-electron chi connectivity index (χ4n) is 3.46. The van der Waals surface area contributed by atoms with Gasteiger partial charge in [-0.15, -0.1) is 0 Å². The number of nitrogens with zero attached hydrogens (tertiary/aromatic N) is 1. The molecule has 2 heteroatoms. The molecule has 0 aromatic rings. The summed E-state index contributed by atoms with van der Waals surface area (Å²) < 4.78 is 0. The van der Waals surface area contributed by atoms with Crippen LogP contribution in [-0.2, 0) is 0 Å². The van der Waals surface area contributed by atoms with E-state index < -0.39 is 0 Å². The van der Waals surface area contributed by atoms with Gasteiger partial charge >= 0.3 is 0 Å². The molecule has 1 heterocycles. The van der Waals surface area contributed by atoms with E-state index in [9.17, 15) is 0 Å². The maximum Gasteiger partial charge on any atom is -0.00191 e. The van der Waals surface area contributed by atoms with Crippen LogP contribution in [0, 0.1) is 17.8 Å². The van der Waals surface area contributed by atoms with E-state index >= 15 is 0 Å². The lowest BCUT2D eigenvalue weighted by atomic mass is 9.82. The van der Waals surface area contributed by atoms with Crippen molar-refractivity contribution in [3.8, 4) is 0 Å². The summed E-state index contributed by atoms with van der Waals surface area (Å²) in [6.45, 7) is 3.55. The number of hydrogen-bond acceptors (Lipinski definition) is 2. The van der Waals surface area contributed by atoms with E-state index in [4.69, 9.17) is 5.73 Å². The minimum atomic E-state index is 0.852. The largest absolute Gasteiger partial charge is 0.330 e. The average Bonchev–Trinajstić information content (AvgIpc) is 2.69. The highest BCUT2D eigenvalue weighted by Crippen LogP contribution is 2.37. The summed E-state index contributed by atoms with van der Waals surface area (Å²) in [5.74, 6) is 2.81. The molecule has 88 valence electrons. The lowest BCUT2D eigenvalue weighted by Gasteiger charge is -2.31. The van der Waals surface area contributed by atoms with Gasteiger partial charge in [-0.3, -0.25) is 0 Å². The third-order valence-corrected chi connectivity index (χ3v) is 4.59. The first-order valence-electron chi connectivity index (χ1n) is 6.68. The first-order valence-corrected chi connectivity index (χ1v) is 6.68. The van der Waals surface area contributed by atoms with Gasteiger partial charge in [-0.05, 0) is 70.1 Å². The molecule has 0 radical (unpaired) electrons. The number of nitrogens with two attached hydrogens (primary N) is 1. The van der Waals surface area contributed by atoms with Crippen LogP contribution >= 0.6 is 0 Å². The highest BCUT2D eigenvalue weighted by molar-refractivity contribution is 4.82.